The van der Waals surface area contributed by atoms with Gasteiger partial charge < -0.3 is 15.8 Å². The van der Waals surface area contributed by atoms with E-state index in [0.717, 1.165) is 18.8 Å². The zero-order chi connectivity index (χ0) is 13.7. The summed E-state index contributed by atoms with van der Waals surface area (Å²) in [5.41, 5.74) is 9.87. The highest BCUT2D eigenvalue weighted by molar-refractivity contribution is 5.45. The van der Waals surface area contributed by atoms with Gasteiger partial charge in [0.2, 0.25) is 0 Å². The van der Waals surface area contributed by atoms with Crippen LogP contribution >= 0.6 is 0 Å². The topological polar surface area (TPSA) is 47.3 Å². The van der Waals surface area contributed by atoms with Gasteiger partial charge in [-0.15, -0.1) is 0 Å². The maximum Gasteiger partial charge on any atom is 0.122 e. The van der Waals surface area contributed by atoms with Gasteiger partial charge in [-0.3, -0.25) is 0 Å². The van der Waals surface area contributed by atoms with E-state index in [1.54, 1.807) is 7.11 Å². The van der Waals surface area contributed by atoms with E-state index in [0.29, 0.717) is 5.92 Å². The number of likely N-dealkylation sites (N-methyl/N-ethyl adjacent to an activating group) is 1. The molecule has 0 aromatic heterocycles. The molecule has 1 unspecified atom stereocenters. The van der Waals surface area contributed by atoms with Crippen molar-refractivity contribution in [3.63, 3.8) is 0 Å². The SMILES string of the molecule is CCNCC(N)c1cc(C(C)C)c(OC)cc1C. The van der Waals surface area contributed by atoms with Crippen molar-refractivity contribution in [2.45, 2.75) is 39.7 Å². The van der Waals surface area contributed by atoms with Gasteiger partial charge in [-0.25, -0.2) is 0 Å². The van der Waals surface area contributed by atoms with Crippen LogP contribution in [0.25, 0.3) is 0 Å². The lowest BCUT2D eigenvalue weighted by molar-refractivity contribution is 0.406. The number of benzene rings is 1. The molecule has 0 aliphatic heterocycles. The second-order valence-corrected chi connectivity index (χ2v) is 5.02. The molecule has 0 saturated carbocycles. The Hall–Kier alpha value is -1.06. The summed E-state index contributed by atoms with van der Waals surface area (Å²) in [5.74, 6) is 1.40. The lowest BCUT2D eigenvalue weighted by atomic mass is 9.93. The number of ether oxygens (including phenoxy) is 1. The van der Waals surface area contributed by atoms with Crippen molar-refractivity contribution >= 4 is 0 Å². The van der Waals surface area contributed by atoms with Crippen LogP contribution < -0.4 is 15.8 Å². The summed E-state index contributed by atoms with van der Waals surface area (Å²) in [6.07, 6.45) is 0. The van der Waals surface area contributed by atoms with E-state index in [4.69, 9.17) is 10.5 Å². The van der Waals surface area contributed by atoms with Crippen molar-refractivity contribution in [2.75, 3.05) is 20.2 Å². The predicted octanol–water partition coefficient (Wildman–Crippen LogP) is 2.74. The standard InChI is InChI=1S/C15H26N2O/c1-6-17-9-14(16)13-8-12(10(2)3)15(18-5)7-11(13)4/h7-8,10,14,17H,6,9,16H2,1-5H3. The molecule has 3 heteroatoms. The van der Waals surface area contributed by atoms with Gasteiger partial charge in [0, 0.05) is 12.6 Å². The molecule has 3 nitrogen and oxygen atoms in total. The van der Waals surface area contributed by atoms with Crippen LogP contribution in [0.5, 0.6) is 5.75 Å². The monoisotopic (exact) mass is 250 g/mol. The maximum atomic E-state index is 6.24. The van der Waals surface area contributed by atoms with Gasteiger partial charge in [-0.2, -0.15) is 0 Å². The zero-order valence-electron chi connectivity index (χ0n) is 12.2. The number of nitrogens with one attached hydrogen (secondary N) is 1. The molecule has 1 rings (SSSR count). The number of hydrogen-bond donors (Lipinski definition) is 2. The maximum absolute atomic E-state index is 6.24. The summed E-state index contributed by atoms with van der Waals surface area (Å²) in [7, 11) is 1.72. The Morgan fingerprint density at radius 1 is 1.28 bits per heavy atom. The third-order valence-corrected chi connectivity index (χ3v) is 3.25. The van der Waals surface area contributed by atoms with Gasteiger partial charge in [0.1, 0.15) is 5.75 Å². The van der Waals surface area contributed by atoms with Crippen molar-refractivity contribution in [2.24, 2.45) is 5.73 Å². The van der Waals surface area contributed by atoms with Crippen molar-refractivity contribution in [3.05, 3.63) is 28.8 Å². The molecule has 3 N–H and O–H groups in total. The quantitative estimate of drug-likeness (QED) is 0.816. The fraction of sp³-hybridized carbons (Fsp3) is 0.600. The van der Waals surface area contributed by atoms with E-state index in [1.165, 1.54) is 16.7 Å². The second-order valence-electron chi connectivity index (χ2n) is 5.02. The predicted molar refractivity (Wildman–Crippen MR) is 77.3 cm³/mol. The highest BCUT2D eigenvalue weighted by atomic mass is 16.5. The molecule has 0 spiro atoms. The highest BCUT2D eigenvalue weighted by Gasteiger charge is 2.15. The van der Waals surface area contributed by atoms with Crippen LogP contribution in [0, 0.1) is 6.92 Å². The number of hydrogen-bond acceptors (Lipinski definition) is 3. The Morgan fingerprint density at radius 2 is 1.94 bits per heavy atom. The van der Waals surface area contributed by atoms with Crippen LogP contribution in [0.4, 0.5) is 0 Å². The van der Waals surface area contributed by atoms with E-state index >= 15 is 0 Å². The lowest BCUT2D eigenvalue weighted by Gasteiger charge is -2.20. The lowest BCUT2D eigenvalue weighted by Crippen LogP contribution is -2.27. The summed E-state index contributed by atoms with van der Waals surface area (Å²) >= 11 is 0. The molecule has 102 valence electrons. The molecule has 0 bridgehead atoms. The minimum absolute atomic E-state index is 0.0355. The van der Waals surface area contributed by atoms with Crippen LogP contribution in [0.2, 0.25) is 0 Å². The Morgan fingerprint density at radius 3 is 2.44 bits per heavy atom. The van der Waals surface area contributed by atoms with Gasteiger partial charge in [-0.1, -0.05) is 20.8 Å². The number of aryl methyl sites for hydroxylation is 1. The molecule has 18 heavy (non-hydrogen) atoms. The highest BCUT2D eigenvalue weighted by Crippen LogP contribution is 2.31. The Balaban J connectivity index is 3.08. The van der Waals surface area contributed by atoms with Gasteiger partial charge in [0.15, 0.2) is 0 Å². The number of rotatable bonds is 6. The van der Waals surface area contributed by atoms with Crippen molar-refractivity contribution < 1.29 is 4.74 Å². The largest absolute Gasteiger partial charge is 0.496 e. The van der Waals surface area contributed by atoms with Crippen LogP contribution in [0.1, 0.15) is 49.4 Å². The normalized spacial score (nSPS) is 12.8. The van der Waals surface area contributed by atoms with Gasteiger partial charge in [0.25, 0.3) is 0 Å². The third kappa shape index (κ3) is 3.47. The second kappa shape index (κ2) is 6.76. The van der Waals surface area contributed by atoms with Gasteiger partial charge in [-0.05, 0) is 48.2 Å². The minimum atomic E-state index is 0.0355. The van der Waals surface area contributed by atoms with Crippen molar-refractivity contribution in [1.29, 1.82) is 0 Å². The summed E-state index contributed by atoms with van der Waals surface area (Å²) in [5, 5.41) is 3.29. The summed E-state index contributed by atoms with van der Waals surface area (Å²) in [4.78, 5) is 0. The summed E-state index contributed by atoms with van der Waals surface area (Å²) < 4.78 is 5.45. The Labute approximate surface area is 111 Å². The number of methoxy groups -OCH3 is 1. The molecular formula is C15H26N2O. The van der Waals surface area contributed by atoms with E-state index in [2.05, 4.69) is 45.1 Å². The average molecular weight is 250 g/mol. The van der Waals surface area contributed by atoms with E-state index in [9.17, 15) is 0 Å². The smallest absolute Gasteiger partial charge is 0.122 e. The molecule has 1 atom stereocenters. The van der Waals surface area contributed by atoms with Crippen LogP contribution in [-0.4, -0.2) is 20.2 Å². The van der Waals surface area contributed by atoms with Gasteiger partial charge in [0.05, 0.1) is 7.11 Å². The van der Waals surface area contributed by atoms with Gasteiger partial charge >= 0.3 is 0 Å². The molecule has 0 radical (unpaired) electrons. The molecule has 0 aliphatic rings. The first kappa shape index (κ1) is 15.0. The molecule has 0 amide bonds. The molecule has 0 heterocycles. The Kier molecular flexibility index (Phi) is 5.63. The summed E-state index contributed by atoms with van der Waals surface area (Å²) in [6.45, 7) is 10.3. The number of nitrogens with two attached hydrogens (primary N) is 1. The third-order valence-electron chi connectivity index (χ3n) is 3.25. The van der Waals surface area contributed by atoms with Crippen LogP contribution in [0.3, 0.4) is 0 Å². The molecular weight excluding hydrogens is 224 g/mol. The molecule has 1 aromatic rings. The first-order valence-electron chi connectivity index (χ1n) is 6.65. The van der Waals surface area contributed by atoms with Crippen molar-refractivity contribution in [3.8, 4) is 5.75 Å². The molecule has 0 saturated heterocycles. The first-order valence-corrected chi connectivity index (χ1v) is 6.65. The first-order chi connectivity index (χ1) is 8.51. The zero-order valence-corrected chi connectivity index (χ0v) is 12.2. The minimum Gasteiger partial charge on any atom is -0.496 e. The molecule has 1 aromatic carbocycles. The van der Waals surface area contributed by atoms with E-state index in [1.807, 2.05) is 0 Å². The average Bonchev–Trinajstić information content (AvgIpc) is 2.34. The fourth-order valence-corrected chi connectivity index (χ4v) is 2.15. The van der Waals surface area contributed by atoms with Crippen LogP contribution in [0.15, 0.2) is 12.1 Å². The fourth-order valence-electron chi connectivity index (χ4n) is 2.15. The molecule has 0 fully saturated rings. The molecule has 0 aliphatic carbocycles. The van der Waals surface area contributed by atoms with E-state index < -0.39 is 0 Å². The Bertz CT molecular complexity index is 388. The van der Waals surface area contributed by atoms with Crippen LogP contribution in [-0.2, 0) is 0 Å². The van der Waals surface area contributed by atoms with E-state index in [-0.39, 0.29) is 6.04 Å². The summed E-state index contributed by atoms with van der Waals surface area (Å²) in [6, 6.07) is 4.32. The van der Waals surface area contributed by atoms with Crippen molar-refractivity contribution in [1.82, 2.24) is 5.32 Å².